The highest BCUT2D eigenvalue weighted by Gasteiger charge is 2.02. The van der Waals surface area contributed by atoms with Crippen molar-refractivity contribution in [2.45, 2.75) is 0 Å². The summed E-state index contributed by atoms with van der Waals surface area (Å²) in [5.74, 6) is -0.343. The lowest BCUT2D eigenvalue weighted by atomic mass is 10.2. The first kappa shape index (κ1) is 9.51. The molecule has 4 nitrogen and oxygen atoms in total. The van der Waals surface area contributed by atoms with Crippen molar-refractivity contribution >= 4 is 17.1 Å². The molecular formula is C10H11FN4. The minimum atomic E-state index is -0.343. The van der Waals surface area contributed by atoms with E-state index in [9.17, 15) is 4.39 Å². The van der Waals surface area contributed by atoms with E-state index in [0.717, 1.165) is 5.69 Å². The molecule has 1 aromatic heterocycles. The standard InChI is InChI=1S/C10H11FN4/c1-15-6-8(5-13-15)14-10-3-2-7(11)4-9(10)12/h2-6,14H,12H2,1H3. The Kier molecular flexibility index (Phi) is 2.29. The fraction of sp³-hybridized carbons (Fsp3) is 0.100. The highest BCUT2D eigenvalue weighted by atomic mass is 19.1. The third kappa shape index (κ3) is 2.07. The van der Waals surface area contributed by atoms with Crippen LogP contribution in [-0.2, 0) is 7.05 Å². The molecule has 0 saturated carbocycles. The van der Waals surface area contributed by atoms with E-state index in [-0.39, 0.29) is 5.82 Å². The lowest BCUT2D eigenvalue weighted by molar-refractivity contribution is 0.628. The zero-order valence-electron chi connectivity index (χ0n) is 8.24. The van der Waals surface area contributed by atoms with Crippen molar-refractivity contribution in [3.05, 3.63) is 36.4 Å². The van der Waals surface area contributed by atoms with Gasteiger partial charge in [0.05, 0.1) is 23.3 Å². The zero-order valence-corrected chi connectivity index (χ0v) is 8.24. The number of nitrogens with two attached hydrogens (primary N) is 1. The van der Waals surface area contributed by atoms with Gasteiger partial charge in [-0.1, -0.05) is 0 Å². The number of aromatic nitrogens is 2. The monoisotopic (exact) mass is 206 g/mol. The highest BCUT2D eigenvalue weighted by Crippen LogP contribution is 2.23. The quantitative estimate of drug-likeness (QED) is 0.738. The SMILES string of the molecule is Cn1cc(Nc2ccc(F)cc2N)cn1. The van der Waals surface area contributed by atoms with Crippen LogP contribution in [0.1, 0.15) is 0 Å². The Morgan fingerprint density at radius 1 is 1.47 bits per heavy atom. The molecule has 0 atom stereocenters. The first-order valence-electron chi connectivity index (χ1n) is 4.46. The number of rotatable bonds is 2. The molecule has 0 unspecified atom stereocenters. The average Bonchev–Trinajstić information content (AvgIpc) is 2.56. The van der Waals surface area contributed by atoms with Crippen LogP contribution in [0.3, 0.4) is 0 Å². The Morgan fingerprint density at radius 3 is 2.87 bits per heavy atom. The molecule has 0 saturated heterocycles. The summed E-state index contributed by atoms with van der Waals surface area (Å²) < 4.78 is 14.4. The van der Waals surface area contributed by atoms with E-state index in [1.807, 2.05) is 13.2 Å². The van der Waals surface area contributed by atoms with E-state index in [1.165, 1.54) is 12.1 Å². The van der Waals surface area contributed by atoms with Crippen molar-refractivity contribution in [3.8, 4) is 0 Å². The number of halogens is 1. The van der Waals surface area contributed by atoms with E-state index in [4.69, 9.17) is 5.73 Å². The average molecular weight is 206 g/mol. The van der Waals surface area contributed by atoms with Crippen LogP contribution in [0.2, 0.25) is 0 Å². The van der Waals surface area contributed by atoms with Crippen LogP contribution in [-0.4, -0.2) is 9.78 Å². The predicted molar refractivity (Wildman–Crippen MR) is 57.3 cm³/mol. The summed E-state index contributed by atoms with van der Waals surface area (Å²) in [5, 5.41) is 7.04. The number of nitrogens with zero attached hydrogens (tertiary/aromatic N) is 2. The summed E-state index contributed by atoms with van der Waals surface area (Å²) in [6.45, 7) is 0. The molecule has 0 radical (unpaired) electrons. The minimum Gasteiger partial charge on any atom is -0.397 e. The Morgan fingerprint density at radius 2 is 2.27 bits per heavy atom. The van der Waals surface area contributed by atoms with Crippen molar-refractivity contribution in [3.63, 3.8) is 0 Å². The maximum atomic E-state index is 12.8. The normalized spacial score (nSPS) is 10.3. The van der Waals surface area contributed by atoms with Gasteiger partial charge in [-0.2, -0.15) is 5.10 Å². The van der Waals surface area contributed by atoms with E-state index < -0.39 is 0 Å². The highest BCUT2D eigenvalue weighted by molar-refractivity contribution is 5.71. The van der Waals surface area contributed by atoms with Gasteiger partial charge in [-0.05, 0) is 18.2 Å². The summed E-state index contributed by atoms with van der Waals surface area (Å²) in [7, 11) is 1.82. The first-order valence-corrected chi connectivity index (χ1v) is 4.46. The fourth-order valence-corrected chi connectivity index (χ4v) is 1.29. The molecule has 15 heavy (non-hydrogen) atoms. The summed E-state index contributed by atoms with van der Waals surface area (Å²) in [5.41, 5.74) is 7.51. The number of hydrogen-bond acceptors (Lipinski definition) is 3. The van der Waals surface area contributed by atoms with Gasteiger partial charge in [-0.15, -0.1) is 0 Å². The van der Waals surface area contributed by atoms with Gasteiger partial charge < -0.3 is 11.1 Å². The molecular weight excluding hydrogens is 195 g/mol. The number of anilines is 3. The fourth-order valence-electron chi connectivity index (χ4n) is 1.29. The topological polar surface area (TPSA) is 55.9 Å². The summed E-state index contributed by atoms with van der Waals surface area (Å²) in [4.78, 5) is 0. The largest absolute Gasteiger partial charge is 0.397 e. The Labute approximate surface area is 86.5 Å². The van der Waals surface area contributed by atoms with E-state index in [2.05, 4.69) is 10.4 Å². The van der Waals surface area contributed by atoms with Crippen molar-refractivity contribution in [1.29, 1.82) is 0 Å². The molecule has 2 rings (SSSR count). The van der Waals surface area contributed by atoms with Crippen molar-refractivity contribution in [2.75, 3.05) is 11.1 Å². The van der Waals surface area contributed by atoms with Gasteiger partial charge in [-0.3, -0.25) is 4.68 Å². The lowest BCUT2D eigenvalue weighted by Crippen LogP contribution is -1.96. The molecule has 0 bridgehead atoms. The van der Waals surface area contributed by atoms with E-state index in [0.29, 0.717) is 11.4 Å². The molecule has 0 aliphatic heterocycles. The first-order chi connectivity index (χ1) is 7.15. The molecule has 0 aliphatic rings. The molecule has 0 amide bonds. The van der Waals surface area contributed by atoms with Gasteiger partial charge in [0.1, 0.15) is 5.82 Å². The van der Waals surface area contributed by atoms with Crippen LogP contribution in [0.5, 0.6) is 0 Å². The molecule has 0 spiro atoms. The van der Waals surface area contributed by atoms with Crippen LogP contribution in [0, 0.1) is 5.82 Å². The van der Waals surface area contributed by atoms with Gasteiger partial charge in [0, 0.05) is 13.2 Å². The second kappa shape index (κ2) is 3.61. The second-order valence-electron chi connectivity index (χ2n) is 3.26. The van der Waals surface area contributed by atoms with Crippen molar-refractivity contribution in [1.82, 2.24) is 9.78 Å². The third-order valence-electron chi connectivity index (χ3n) is 2.00. The summed E-state index contributed by atoms with van der Waals surface area (Å²) in [6.07, 6.45) is 3.48. The smallest absolute Gasteiger partial charge is 0.125 e. The van der Waals surface area contributed by atoms with Crippen molar-refractivity contribution in [2.24, 2.45) is 7.05 Å². The predicted octanol–water partition coefficient (Wildman–Crippen LogP) is 1.89. The number of nitrogen functional groups attached to an aromatic ring is 1. The Bertz CT molecular complexity index is 478. The summed E-state index contributed by atoms with van der Waals surface area (Å²) >= 11 is 0. The van der Waals surface area contributed by atoms with Crippen LogP contribution in [0.4, 0.5) is 21.5 Å². The van der Waals surface area contributed by atoms with Crippen LogP contribution in [0.25, 0.3) is 0 Å². The maximum absolute atomic E-state index is 12.8. The number of hydrogen-bond donors (Lipinski definition) is 2. The van der Waals surface area contributed by atoms with E-state index in [1.54, 1.807) is 16.9 Å². The molecule has 0 fully saturated rings. The minimum absolute atomic E-state index is 0.343. The molecule has 1 aromatic carbocycles. The molecule has 5 heteroatoms. The van der Waals surface area contributed by atoms with Crippen LogP contribution >= 0.6 is 0 Å². The van der Waals surface area contributed by atoms with Gasteiger partial charge >= 0.3 is 0 Å². The Hall–Kier alpha value is -2.04. The zero-order chi connectivity index (χ0) is 10.8. The number of nitrogens with one attached hydrogen (secondary N) is 1. The van der Waals surface area contributed by atoms with Gasteiger partial charge in [0.15, 0.2) is 0 Å². The van der Waals surface area contributed by atoms with Crippen LogP contribution < -0.4 is 11.1 Å². The molecule has 78 valence electrons. The maximum Gasteiger partial charge on any atom is 0.125 e. The van der Waals surface area contributed by atoms with Crippen molar-refractivity contribution < 1.29 is 4.39 Å². The molecule has 1 heterocycles. The van der Waals surface area contributed by atoms with Gasteiger partial charge in [-0.25, -0.2) is 4.39 Å². The number of benzene rings is 1. The van der Waals surface area contributed by atoms with E-state index >= 15 is 0 Å². The third-order valence-corrected chi connectivity index (χ3v) is 2.00. The molecule has 0 aliphatic carbocycles. The summed E-state index contributed by atoms with van der Waals surface area (Å²) in [6, 6.07) is 4.23. The number of aryl methyl sites for hydroxylation is 1. The second-order valence-corrected chi connectivity index (χ2v) is 3.26. The van der Waals surface area contributed by atoms with Crippen LogP contribution in [0.15, 0.2) is 30.6 Å². The van der Waals surface area contributed by atoms with Gasteiger partial charge in [0.2, 0.25) is 0 Å². The molecule has 3 N–H and O–H groups in total. The van der Waals surface area contributed by atoms with Gasteiger partial charge in [0.25, 0.3) is 0 Å². The molecule has 2 aromatic rings. The Balaban J connectivity index is 2.24. The lowest BCUT2D eigenvalue weighted by Gasteiger charge is -2.06.